The SMILES string of the molecule is Cn1cc(-c2ccnc(OCc3ccccn3)c2)c2sc(CN3CCCN(C(=O)OC(C)(C)C)CC3)cc2c1=O. The van der Waals surface area contributed by atoms with Crippen LogP contribution in [0.5, 0.6) is 5.88 Å². The number of nitrogens with zero attached hydrogens (tertiary/aromatic N) is 5. The number of thiophene rings is 1. The molecule has 10 heteroatoms. The minimum absolute atomic E-state index is 0.0195. The van der Waals surface area contributed by atoms with Crippen molar-refractivity contribution in [2.24, 2.45) is 7.05 Å². The molecule has 4 aromatic rings. The van der Waals surface area contributed by atoms with E-state index >= 15 is 0 Å². The van der Waals surface area contributed by atoms with Gasteiger partial charge in [-0.15, -0.1) is 11.3 Å². The van der Waals surface area contributed by atoms with Crippen molar-refractivity contribution in [2.75, 3.05) is 26.2 Å². The van der Waals surface area contributed by atoms with Crippen LogP contribution in [0, 0.1) is 0 Å². The minimum atomic E-state index is -0.509. The third-order valence-corrected chi connectivity index (χ3v) is 7.81. The molecular formula is C30H35N5O4S. The molecule has 0 unspecified atom stereocenters. The Labute approximate surface area is 238 Å². The van der Waals surface area contributed by atoms with Crippen LogP contribution in [0.2, 0.25) is 0 Å². The lowest BCUT2D eigenvalue weighted by Crippen LogP contribution is -2.39. The molecule has 0 atom stereocenters. The molecule has 0 saturated carbocycles. The molecule has 0 spiro atoms. The van der Waals surface area contributed by atoms with E-state index in [1.165, 1.54) is 0 Å². The fraction of sp³-hybridized carbons (Fsp3) is 0.400. The molecule has 1 aliphatic heterocycles. The standard InChI is InChI=1S/C30H35N5O4S/c1-30(2,3)39-29(37)35-13-7-12-34(14-15-35)18-23-17-24-27(40-23)25(19-33(4)28(24)36)21-9-11-32-26(16-21)38-20-22-8-5-6-10-31-22/h5-6,8-11,16-17,19H,7,12-15,18,20H2,1-4H3. The third kappa shape index (κ3) is 6.68. The zero-order chi connectivity index (χ0) is 28.3. The van der Waals surface area contributed by atoms with E-state index in [0.717, 1.165) is 52.5 Å². The van der Waals surface area contributed by atoms with Gasteiger partial charge in [-0.3, -0.25) is 14.7 Å². The van der Waals surface area contributed by atoms with Gasteiger partial charge in [0.05, 0.1) is 11.1 Å². The van der Waals surface area contributed by atoms with Gasteiger partial charge < -0.3 is 18.9 Å². The second-order valence-electron chi connectivity index (χ2n) is 11.0. The summed E-state index contributed by atoms with van der Waals surface area (Å²) in [6.07, 6.45) is 5.96. The molecule has 1 amide bonds. The number of pyridine rings is 3. The van der Waals surface area contributed by atoms with E-state index in [1.54, 1.807) is 40.2 Å². The lowest BCUT2D eigenvalue weighted by atomic mass is 10.1. The molecule has 40 heavy (non-hydrogen) atoms. The maximum Gasteiger partial charge on any atom is 0.410 e. The van der Waals surface area contributed by atoms with Crippen molar-refractivity contribution in [3.05, 3.63) is 75.9 Å². The second-order valence-corrected chi connectivity index (χ2v) is 12.1. The lowest BCUT2D eigenvalue weighted by molar-refractivity contribution is 0.0257. The molecule has 9 nitrogen and oxygen atoms in total. The van der Waals surface area contributed by atoms with Gasteiger partial charge in [-0.1, -0.05) is 6.07 Å². The van der Waals surface area contributed by atoms with Crippen LogP contribution in [-0.4, -0.2) is 62.2 Å². The molecular weight excluding hydrogens is 526 g/mol. The first-order valence-corrected chi connectivity index (χ1v) is 14.3. The highest BCUT2D eigenvalue weighted by atomic mass is 32.1. The van der Waals surface area contributed by atoms with E-state index in [0.29, 0.717) is 31.0 Å². The van der Waals surface area contributed by atoms with Crippen LogP contribution < -0.4 is 10.3 Å². The maximum absolute atomic E-state index is 13.1. The van der Waals surface area contributed by atoms with E-state index in [-0.39, 0.29) is 11.7 Å². The summed E-state index contributed by atoms with van der Waals surface area (Å²) < 4.78 is 14.1. The zero-order valence-electron chi connectivity index (χ0n) is 23.4. The van der Waals surface area contributed by atoms with Crippen LogP contribution in [0.4, 0.5) is 4.79 Å². The highest BCUT2D eigenvalue weighted by molar-refractivity contribution is 7.19. The average molecular weight is 562 g/mol. The predicted molar refractivity (Wildman–Crippen MR) is 157 cm³/mol. The van der Waals surface area contributed by atoms with Crippen LogP contribution in [0.1, 0.15) is 37.8 Å². The summed E-state index contributed by atoms with van der Waals surface area (Å²) in [7, 11) is 1.78. The molecule has 0 aromatic carbocycles. The summed E-state index contributed by atoms with van der Waals surface area (Å²) in [5.41, 5.74) is 2.19. The monoisotopic (exact) mass is 561 g/mol. The second kappa shape index (κ2) is 11.8. The Morgan fingerprint density at radius 2 is 1.90 bits per heavy atom. The Morgan fingerprint density at radius 1 is 1.05 bits per heavy atom. The summed E-state index contributed by atoms with van der Waals surface area (Å²) in [5.74, 6) is 0.501. The van der Waals surface area contributed by atoms with Crippen LogP contribution in [0.3, 0.4) is 0 Å². The zero-order valence-corrected chi connectivity index (χ0v) is 24.2. The Morgan fingerprint density at radius 3 is 2.67 bits per heavy atom. The summed E-state index contributed by atoms with van der Waals surface area (Å²) >= 11 is 1.64. The smallest absolute Gasteiger partial charge is 0.410 e. The van der Waals surface area contributed by atoms with Gasteiger partial charge in [0.25, 0.3) is 5.56 Å². The van der Waals surface area contributed by atoms with Gasteiger partial charge in [0.1, 0.15) is 12.2 Å². The van der Waals surface area contributed by atoms with Crippen LogP contribution in [-0.2, 0) is 24.9 Å². The topological polar surface area (TPSA) is 89.8 Å². The number of ether oxygens (including phenoxy) is 2. The fourth-order valence-electron chi connectivity index (χ4n) is 4.73. The van der Waals surface area contributed by atoms with E-state index in [9.17, 15) is 9.59 Å². The minimum Gasteiger partial charge on any atom is -0.471 e. The third-order valence-electron chi connectivity index (χ3n) is 6.66. The summed E-state index contributed by atoms with van der Waals surface area (Å²) in [6.45, 7) is 9.62. The van der Waals surface area contributed by atoms with Gasteiger partial charge in [0.15, 0.2) is 0 Å². The number of aromatic nitrogens is 3. The summed E-state index contributed by atoms with van der Waals surface area (Å²) in [5, 5.41) is 0.706. The predicted octanol–water partition coefficient (Wildman–Crippen LogP) is 5.08. The molecule has 0 radical (unpaired) electrons. The molecule has 4 aromatic heterocycles. The van der Waals surface area contributed by atoms with E-state index in [1.807, 2.05) is 63.4 Å². The average Bonchev–Trinajstić information content (AvgIpc) is 3.20. The highest BCUT2D eigenvalue weighted by Crippen LogP contribution is 2.34. The Hall–Kier alpha value is -3.76. The maximum atomic E-state index is 13.1. The van der Waals surface area contributed by atoms with Crippen LogP contribution in [0.15, 0.2) is 59.8 Å². The normalized spacial score (nSPS) is 14.8. The number of rotatable bonds is 6. The lowest BCUT2D eigenvalue weighted by Gasteiger charge is -2.26. The van der Waals surface area contributed by atoms with Crippen molar-refractivity contribution in [1.82, 2.24) is 24.3 Å². The number of amides is 1. The van der Waals surface area contributed by atoms with Gasteiger partial charge in [0, 0.05) is 79.6 Å². The molecule has 5 heterocycles. The first-order valence-electron chi connectivity index (χ1n) is 13.5. The number of carbonyl (C=O) groups excluding carboxylic acids is 1. The highest BCUT2D eigenvalue weighted by Gasteiger charge is 2.25. The van der Waals surface area contributed by atoms with Gasteiger partial charge in [-0.25, -0.2) is 9.78 Å². The van der Waals surface area contributed by atoms with Gasteiger partial charge in [-0.05, 0) is 57.0 Å². The molecule has 1 fully saturated rings. The molecule has 5 rings (SSSR count). The van der Waals surface area contributed by atoms with Gasteiger partial charge in [-0.2, -0.15) is 0 Å². The van der Waals surface area contributed by atoms with Crippen molar-refractivity contribution in [3.63, 3.8) is 0 Å². The van der Waals surface area contributed by atoms with Gasteiger partial charge >= 0.3 is 6.09 Å². The van der Waals surface area contributed by atoms with Crippen molar-refractivity contribution >= 4 is 27.5 Å². The molecule has 1 aliphatic rings. The van der Waals surface area contributed by atoms with Crippen molar-refractivity contribution < 1.29 is 14.3 Å². The largest absolute Gasteiger partial charge is 0.471 e. The molecule has 0 bridgehead atoms. The Balaban J connectivity index is 1.34. The number of fused-ring (bicyclic) bond motifs is 1. The van der Waals surface area contributed by atoms with Crippen LogP contribution in [0.25, 0.3) is 21.2 Å². The Kier molecular flexibility index (Phi) is 8.18. The summed E-state index contributed by atoms with van der Waals surface area (Å²) in [4.78, 5) is 39.6. The fourth-order valence-corrected chi connectivity index (χ4v) is 5.95. The van der Waals surface area contributed by atoms with Crippen molar-refractivity contribution in [2.45, 2.75) is 45.9 Å². The molecule has 1 saturated heterocycles. The van der Waals surface area contributed by atoms with Gasteiger partial charge in [0.2, 0.25) is 5.88 Å². The number of hydrogen-bond donors (Lipinski definition) is 0. The first-order chi connectivity index (χ1) is 19.2. The number of hydrogen-bond acceptors (Lipinski definition) is 8. The van der Waals surface area contributed by atoms with Crippen molar-refractivity contribution in [3.8, 4) is 17.0 Å². The van der Waals surface area contributed by atoms with E-state index in [4.69, 9.17) is 9.47 Å². The Bertz CT molecular complexity index is 1540. The molecule has 0 N–H and O–H groups in total. The molecule has 210 valence electrons. The molecule has 0 aliphatic carbocycles. The quantitative estimate of drug-likeness (QED) is 0.324. The number of aryl methyl sites for hydroxylation is 1. The van der Waals surface area contributed by atoms with Crippen molar-refractivity contribution in [1.29, 1.82) is 0 Å². The first kappa shape index (κ1) is 27.8. The van der Waals surface area contributed by atoms with E-state index < -0.39 is 5.60 Å². The number of carbonyl (C=O) groups is 1. The summed E-state index contributed by atoms with van der Waals surface area (Å²) in [6, 6.07) is 11.6. The van der Waals surface area contributed by atoms with E-state index in [2.05, 4.69) is 14.9 Å². The van der Waals surface area contributed by atoms with Crippen LogP contribution >= 0.6 is 11.3 Å².